The van der Waals surface area contributed by atoms with Gasteiger partial charge in [-0.3, -0.25) is 0 Å². The molecule has 0 spiro atoms. The Morgan fingerprint density at radius 1 is 0.933 bits per heavy atom. The summed E-state index contributed by atoms with van der Waals surface area (Å²) in [4.78, 5) is 0. The second-order valence-electron chi connectivity index (χ2n) is 2.33. The van der Waals surface area contributed by atoms with Crippen molar-refractivity contribution in [2.45, 2.75) is 26.1 Å². The van der Waals surface area contributed by atoms with Crippen LogP contribution in [-0.2, 0) is 13.3 Å². The highest BCUT2D eigenvalue weighted by Gasteiger charge is 2.61. The molecule has 0 aliphatic heterocycles. The molecule has 9 heteroatoms. The third-order valence-corrected chi connectivity index (χ3v) is 2.88. The van der Waals surface area contributed by atoms with Crippen LogP contribution in [0.2, 0.25) is 0 Å². The minimum Gasteiger partial charge on any atom is -0.376 e. The molecule has 15 heavy (non-hydrogen) atoms. The number of halogens is 5. The number of alkyl halides is 5. The maximum absolute atomic E-state index is 12.4. The maximum Gasteiger partial charge on any atom is 0.488 e. The van der Waals surface area contributed by atoms with E-state index in [1.807, 2.05) is 0 Å². The van der Waals surface area contributed by atoms with Crippen LogP contribution in [-0.4, -0.2) is 35.0 Å². The van der Waals surface area contributed by atoms with E-state index >= 15 is 0 Å². The van der Waals surface area contributed by atoms with Gasteiger partial charge in [0, 0.05) is 13.2 Å². The molecule has 0 aliphatic carbocycles. The Kier molecular flexibility index (Phi) is 5.63. The molecule has 0 atom stereocenters. The first-order valence-electron chi connectivity index (χ1n) is 4.10. The molecule has 0 aromatic heterocycles. The lowest BCUT2D eigenvalue weighted by atomic mass is 10.6. The predicted molar refractivity (Wildman–Crippen MR) is 42.5 cm³/mol. The highest BCUT2D eigenvalue weighted by Crippen LogP contribution is 2.36. The second-order valence-corrected chi connectivity index (χ2v) is 3.81. The first-order valence-corrected chi connectivity index (χ1v) is 5.51. The molecule has 0 aromatic rings. The molecular weight excluding hydrogens is 243 g/mol. The average Bonchev–Trinajstić information content (AvgIpc) is 2.02. The van der Waals surface area contributed by atoms with E-state index in [4.69, 9.17) is 0 Å². The van der Waals surface area contributed by atoms with Gasteiger partial charge in [-0.1, -0.05) is 0 Å². The molecule has 0 aromatic carbocycles. The summed E-state index contributed by atoms with van der Waals surface area (Å²) >= 11 is 0. The smallest absolute Gasteiger partial charge is 0.376 e. The molecular formula is C6H11F5O3Si. The van der Waals surface area contributed by atoms with E-state index in [9.17, 15) is 22.0 Å². The van der Waals surface area contributed by atoms with Crippen LogP contribution < -0.4 is 0 Å². The molecule has 0 amide bonds. The quantitative estimate of drug-likeness (QED) is 0.535. The lowest BCUT2D eigenvalue weighted by Crippen LogP contribution is -2.45. The minimum atomic E-state index is -5.76. The summed E-state index contributed by atoms with van der Waals surface area (Å²) in [6.07, 6.45) is -11.0. The van der Waals surface area contributed by atoms with Gasteiger partial charge >= 0.3 is 21.8 Å². The number of hydrogen-bond donors (Lipinski definition) is 0. The van der Waals surface area contributed by atoms with Crippen molar-refractivity contribution in [3.05, 3.63) is 0 Å². The third-order valence-electron chi connectivity index (χ3n) is 1.18. The Hall–Kier alpha value is -0.253. The van der Waals surface area contributed by atoms with Crippen LogP contribution in [0.15, 0.2) is 0 Å². The van der Waals surface area contributed by atoms with E-state index in [1.54, 1.807) is 0 Å². The second kappa shape index (κ2) is 5.73. The summed E-state index contributed by atoms with van der Waals surface area (Å²) in [5.74, 6) is 0. The zero-order chi connectivity index (χ0) is 12.1. The predicted octanol–water partition coefficient (Wildman–Crippen LogP) is 1.95. The van der Waals surface area contributed by atoms with Crippen LogP contribution in [0.4, 0.5) is 22.0 Å². The standard InChI is InChI=1S/C6H11F5O3Si/c1-3-12-15(13-4-2)14-6(10,11)5(7,8)9/h15H,3-4H2,1-2H3. The topological polar surface area (TPSA) is 27.7 Å². The van der Waals surface area contributed by atoms with E-state index in [1.165, 1.54) is 13.8 Å². The lowest BCUT2D eigenvalue weighted by Gasteiger charge is -2.23. The van der Waals surface area contributed by atoms with E-state index in [0.29, 0.717) is 0 Å². The highest BCUT2D eigenvalue weighted by molar-refractivity contribution is 6.36. The molecule has 0 rings (SSSR count). The van der Waals surface area contributed by atoms with Crippen LogP contribution in [0.1, 0.15) is 13.8 Å². The third kappa shape index (κ3) is 4.86. The monoisotopic (exact) mass is 254 g/mol. The van der Waals surface area contributed by atoms with Gasteiger partial charge in [0.15, 0.2) is 0 Å². The van der Waals surface area contributed by atoms with Crippen molar-refractivity contribution in [1.29, 1.82) is 0 Å². The Morgan fingerprint density at radius 3 is 1.60 bits per heavy atom. The summed E-state index contributed by atoms with van der Waals surface area (Å²) in [7, 11) is -3.43. The molecule has 0 bridgehead atoms. The van der Waals surface area contributed by atoms with Gasteiger partial charge in [0.2, 0.25) is 0 Å². The van der Waals surface area contributed by atoms with Crippen molar-refractivity contribution in [3.63, 3.8) is 0 Å². The van der Waals surface area contributed by atoms with Gasteiger partial charge in [0.05, 0.1) is 0 Å². The normalized spacial score (nSPS) is 13.6. The van der Waals surface area contributed by atoms with Crippen LogP contribution >= 0.6 is 0 Å². The molecule has 92 valence electrons. The molecule has 0 fully saturated rings. The van der Waals surface area contributed by atoms with Gasteiger partial charge in [-0.2, -0.15) is 22.0 Å². The summed E-state index contributed by atoms with van der Waals surface area (Å²) in [6, 6.07) is 0. The van der Waals surface area contributed by atoms with E-state index < -0.39 is 21.8 Å². The average molecular weight is 254 g/mol. The molecule has 0 saturated carbocycles. The zero-order valence-electron chi connectivity index (χ0n) is 8.11. The summed E-state index contributed by atoms with van der Waals surface area (Å²) in [5, 5.41) is 0. The molecule has 0 heterocycles. The van der Waals surface area contributed by atoms with Gasteiger partial charge in [-0.25, -0.2) is 0 Å². The molecule has 0 saturated heterocycles. The van der Waals surface area contributed by atoms with Crippen molar-refractivity contribution in [3.8, 4) is 0 Å². The van der Waals surface area contributed by atoms with Gasteiger partial charge in [0.1, 0.15) is 0 Å². The van der Waals surface area contributed by atoms with Crippen LogP contribution in [0.3, 0.4) is 0 Å². The first-order chi connectivity index (χ1) is 6.74. The van der Waals surface area contributed by atoms with Crippen molar-refractivity contribution in [1.82, 2.24) is 0 Å². The van der Waals surface area contributed by atoms with Crippen LogP contribution in [0.5, 0.6) is 0 Å². The first kappa shape index (κ1) is 14.7. The fraction of sp³-hybridized carbons (Fsp3) is 1.00. The molecule has 0 aliphatic rings. The van der Waals surface area contributed by atoms with Crippen LogP contribution in [0, 0.1) is 0 Å². The van der Waals surface area contributed by atoms with Crippen molar-refractivity contribution >= 4 is 9.53 Å². The largest absolute Gasteiger partial charge is 0.488 e. The van der Waals surface area contributed by atoms with Gasteiger partial charge < -0.3 is 13.3 Å². The van der Waals surface area contributed by atoms with Crippen molar-refractivity contribution < 1.29 is 35.2 Å². The van der Waals surface area contributed by atoms with Crippen molar-refractivity contribution in [2.75, 3.05) is 13.2 Å². The SMILES string of the molecule is CCO[SiH](OCC)OC(F)(F)C(F)(F)F. The van der Waals surface area contributed by atoms with E-state index in [0.717, 1.165) is 0 Å². The Morgan fingerprint density at radius 2 is 1.33 bits per heavy atom. The highest BCUT2D eigenvalue weighted by atomic mass is 28.3. The fourth-order valence-electron chi connectivity index (χ4n) is 0.576. The molecule has 0 N–H and O–H groups in total. The number of rotatable bonds is 6. The van der Waals surface area contributed by atoms with Crippen molar-refractivity contribution in [2.24, 2.45) is 0 Å². The van der Waals surface area contributed by atoms with E-state index in [2.05, 4.69) is 13.3 Å². The Bertz CT molecular complexity index is 180. The lowest BCUT2D eigenvalue weighted by molar-refractivity contribution is -0.370. The summed E-state index contributed by atoms with van der Waals surface area (Å²) < 4.78 is 72.4. The molecule has 0 unspecified atom stereocenters. The Balaban J connectivity index is 4.37. The van der Waals surface area contributed by atoms with Gasteiger partial charge in [0.25, 0.3) is 0 Å². The van der Waals surface area contributed by atoms with Gasteiger partial charge in [-0.05, 0) is 13.8 Å². The van der Waals surface area contributed by atoms with Crippen LogP contribution in [0.25, 0.3) is 0 Å². The summed E-state index contributed by atoms with van der Waals surface area (Å²) in [6.45, 7) is 2.78. The molecule has 0 radical (unpaired) electrons. The Labute approximate surface area is 85.1 Å². The molecule has 3 nitrogen and oxygen atoms in total. The number of hydrogen-bond acceptors (Lipinski definition) is 3. The van der Waals surface area contributed by atoms with E-state index in [-0.39, 0.29) is 13.2 Å². The summed E-state index contributed by atoms with van der Waals surface area (Å²) in [5.41, 5.74) is 0. The van der Waals surface area contributed by atoms with Gasteiger partial charge in [-0.15, -0.1) is 0 Å². The zero-order valence-corrected chi connectivity index (χ0v) is 9.26. The maximum atomic E-state index is 12.4. The minimum absolute atomic E-state index is 0.0508. The fourth-order valence-corrected chi connectivity index (χ4v) is 1.73.